The molecule has 0 aliphatic carbocycles. The second-order valence-corrected chi connectivity index (χ2v) is 11.6. The third kappa shape index (κ3) is 8.73. The standard InChI is InChI=1S/C24H21FN2.C13H12F2N6O/c25-23-12-8-20(9-13-23)17-24(27-15-14-26-18-27)16-19-6-10-22(11-7-19)21-4-2-1-3-5-21;14-10-1-2-11(12(15)3-10)13(22,4-20-8-16-6-18-20)5-21-9-17-7-19-21/h1-15,18,24H,16-17H2;1-3,6-9,22H,4-5H2. The Balaban J connectivity index is 0.000000174. The van der Waals surface area contributed by atoms with Gasteiger partial charge in [0.05, 0.1) is 19.4 Å². The molecule has 12 heteroatoms. The van der Waals surface area contributed by atoms with E-state index in [4.69, 9.17) is 0 Å². The van der Waals surface area contributed by atoms with Crippen molar-refractivity contribution in [3.8, 4) is 11.1 Å². The first-order valence-electron chi connectivity index (χ1n) is 15.5. The first kappa shape index (κ1) is 33.0. The van der Waals surface area contributed by atoms with E-state index in [-0.39, 0.29) is 30.5 Å². The maximum atomic E-state index is 14.1. The maximum Gasteiger partial charge on any atom is 0.137 e. The van der Waals surface area contributed by atoms with E-state index in [0.29, 0.717) is 0 Å². The van der Waals surface area contributed by atoms with Crippen LogP contribution in [0.2, 0.25) is 0 Å². The summed E-state index contributed by atoms with van der Waals surface area (Å²) in [4.78, 5) is 11.8. The molecule has 0 amide bonds. The highest BCUT2D eigenvalue weighted by atomic mass is 19.1. The topological polar surface area (TPSA) is 99.5 Å². The SMILES string of the molecule is Fc1ccc(CC(Cc2ccc(-c3ccccc3)cc2)n2ccnc2)cc1.OC(Cn1cncn1)(Cn1cncn1)c1ccc(F)cc1F. The van der Waals surface area contributed by atoms with E-state index in [0.717, 1.165) is 30.5 Å². The van der Waals surface area contributed by atoms with Gasteiger partial charge in [0, 0.05) is 30.1 Å². The van der Waals surface area contributed by atoms with Crippen molar-refractivity contribution < 1.29 is 18.3 Å². The molecule has 0 fully saturated rings. The van der Waals surface area contributed by atoms with E-state index < -0.39 is 17.2 Å². The van der Waals surface area contributed by atoms with Crippen molar-refractivity contribution in [3.63, 3.8) is 0 Å². The van der Waals surface area contributed by atoms with Crippen molar-refractivity contribution in [3.05, 3.63) is 175 Å². The fourth-order valence-electron chi connectivity index (χ4n) is 5.65. The number of hydrogen-bond donors (Lipinski definition) is 1. The van der Waals surface area contributed by atoms with Crippen molar-refractivity contribution in [2.75, 3.05) is 0 Å². The molecule has 7 aromatic rings. The minimum atomic E-state index is -1.70. The summed E-state index contributed by atoms with van der Waals surface area (Å²) >= 11 is 0. The number of benzene rings is 4. The van der Waals surface area contributed by atoms with E-state index in [1.165, 1.54) is 69.6 Å². The molecule has 7 rings (SSSR count). The van der Waals surface area contributed by atoms with Crippen LogP contribution in [0.15, 0.2) is 141 Å². The van der Waals surface area contributed by atoms with Gasteiger partial charge in [0.2, 0.25) is 0 Å². The van der Waals surface area contributed by atoms with E-state index in [2.05, 4.69) is 78.2 Å². The van der Waals surface area contributed by atoms with E-state index in [1.54, 1.807) is 6.20 Å². The Labute approximate surface area is 281 Å². The minimum absolute atomic E-state index is 0.0556. The summed E-state index contributed by atoms with van der Waals surface area (Å²) in [6.07, 6.45) is 12.8. The lowest BCUT2D eigenvalue weighted by Crippen LogP contribution is -2.37. The molecule has 0 saturated heterocycles. The highest BCUT2D eigenvalue weighted by Crippen LogP contribution is 2.28. The zero-order valence-electron chi connectivity index (χ0n) is 26.3. The Morgan fingerprint density at radius 2 is 1.20 bits per heavy atom. The zero-order chi connectivity index (χ0) is 34.1. The Kier molecular flexibility index (Phi) is 10.3. The summed E-state index contributed by atoms with van der Waals surface area (Å²) in [5.41, 5.74) is 3.09. The van der Waals surface area contributed by atoms with Gasteiger partial charge >= 0.3 is 0 Å². The van der Waals surface area contributed by atoms with Gasteiger partial charge in [-0.3, -0.25) is 0 Å². The summed E-state index contributed by atoms with van der Waals surface area (Å²) in [6, 6.07) is 29.1. The molecule has 9 nitrogen and oxygen atoms in total. The average Bonchev–Trinajstić information content (AvgIpc) is 3.92. The molecule has 0 aliphatic heterocycles. The lowest BCUT2D eigenvalue weighted by atomic mass is 9.93. The van der Waals surface area contributed by atoms with Crippen molar-refractivity contribution in [2.45, 2.75) is 37.6 Å². The van der Waals surface area contributed by atoms with Crippen LogP contribution in [0.5, 0.6) is 0 Å². The van der Waals surface area contributed by atoms with E-state index in [9.17, 15) is 18.3 Å². The van der Waals surface area contributed by atoms with Crippen LogP contribution in [0, 0.1) is 17.5 Å². The fraction of sp³-hybridized carbons (Fsp3) is 0.162. The first-order valence-corrected chi connectivity index (χ1v) is 15.5. The van der Waals surface area contributed by atoms with Crippen LogP contribution >= 0.6 is 0 Å². The maximum absolute atomic E-state index is 14.1. The third-order valence-electron chi connectivity index (χ3n) is 8.08. The smallest absolute Gasteiger partial charge is 0.137 e. The van der Waals surface area contributed by atoms with E-state index >= 15 is 0 Å². The Morgan fingerprint density at radius 3 is 1.73 bits per heavy atom. The molecule has 3 aromatic heterocycles. The van der Waals surface area contributed by atoms with Crippen LogP contribution in [0.1, 0.15) is 22.7 Å². The molecule has 1 N–H and O–H groups in total. The van der Waals surface area contributed by atoms with Crippen LogP contribution in [0.25, 0.3) is 11.1 Å². The predicted octanol–water partition coefficient (Wildman–Crippen LogP) is 6.45. The number of nitrogens with zero attached hydrogens (tertiary/aromatic N) is 8. The van der Waals surface area contributed by atoms with Crippen LogP contribution in [0.3, 0.4) is 0 Å². The van der Waals surface area contributed by atoms with Gasteiger partial charge in [-0.15, -0.1) is 0 Å². The van der Waals surface area contributed by atoms with Gasteiger partial charge in [0.25, 0.3) is 0 Å². The molecule has 0 aliphatic rings. The molecule has 1 atom stereocenters. The van der Waals surface area contributed by atoms with Gasteiger partial charge in [-0.1, -0.05) is 72.8 Å². The van der Waals surface area contributed by atoms with Gasteiger partial charge in [0.1, 0.15) is 48.4 Å². The van der Waals surface area contributed by atoms with Crippen molar-refractivity contribution in [1.29, 1.82) is 0 Å². The van der Waals surface area contributed by atoms with Crippen LogP contribution in [-0.2, 0) is 31.5 Å². The molecule has 4 aromatic carbocycles. The quantitative estimate of drug-likeness (QED) is 0.171. The molecular formula is C37H33F3N8O. The number of hydrogen-bond acceptors (Lipinski definition) is 6. The van der Waals surface area contributed by atoms with E-state index in [1.807, 2.05) is 30.7 Å². The highest BCUT2D eigenvalue weighted by molar-refractivity contribution is 5.63. The van der Waals surface area contributed by atoms with Crippen LogP contribution in [0.4, 0.5) is 13.2 Å². The van der Waals surface area contributed by atoms with Crippen molar-refractivity contribution in [1.82, 2.24) is 39.1 Å². The first-order chi connectivity index (χ1) is 23.8. The molecule has 248 valence electrons. The Morgan fingerprint density at radius 1 is 0.633 bits per heavy atom. The second-order valence-electron chi connectivity index (χ2n) is 11.6. The number of imidazole rings is 1. The molecule has 0 spiro atoms. The predicted molar refractivity (Wildman–Crippen MR) is 177 cm³/mol. The number of halogens is 3. The third-order valence-corrected chi connectivity index (χ3v) is 8.08. The summed E-state index contributed by atoms with van der Waals surface area (Å²) < 4.78 is 45.3. The molecule has 1 unspecified atom stereocenters. The average molecular weight is 663 g/mol. The highest BCUT2D eigenvalue weighted by Gasteiger charge is 2.34. The zero-order valence-corrected chi connectivity index (χ0v) is 26.3. The van der Waals surface area contributed by atoms with Gasteiger partial charge < -0.3 is 9.67 Å². The van der Waals surface area contributed by atoms with Crippen molar-refractivity contribution in [2.24, 2.45) is 0 Å². The van der Waals surface area contributed by atoms with Crippen LogP contribution < -0.4 is 0 Å². The summed E-state index contributed by atoms with van der Waals surface area (Å²) in [5, 5.41) is 18.8. The summed E-state index contributed by atoms with van der Waals surface area (Å²) in [6.45, 7) is -0.148. The minimum Gasteiger partial charge on any atom is -0.381 e. The summed E-state index contributed by atoms with van der Waals surface area (Å²) in [7, 11) is 0. The van der Waals surface area contributed by atoms with Crippen molar-refractivity contribution >= 4 is 0 Å². The lowest BCUT2D eigenvalue weighted by Gasteiger charge is -2.28. The van der Waals surface area contributed by atoms with Gasteiger partial charge in [-0.2, -0.15) is 10.2 Å². The Hall–Kier alpha value is -5.88. The number of aromatic nitrogens is 8. The molecule has 3 heterocycles. The fourth-order valence-corrected chi connectivity index (χ4v) is 5.65. The van der Waals surface area contributed by atoms with Gasteiger partial charge in [-0.25, -0.2) is 37.5 Å². The molecular weight excluding hydrogens is 629 g/mol. The second kappa shape index (κ2) is 15.3. The van der Waals surface area contributed by atoms with Gasteiger partial charge in [0.15, 0.2) is 0 Å². The normalized spacial score (nSPS) is 11.9. The molecule has 0 bridgehead atoms. The lowest BCUT2D eigenvalue weighted by molar-refractivity contribution is -0.00856. The van der Waals surface area contributed by atoms with Gasteiger partial charge in [-0.05, 0) is 53.3 Å². The Bertz CT molecular complexity index is 1970. The largest absolute Gasteiger partial charge is 0.381 e. The molecule has 49 heavy (non-hydrogen) atoms. The van der Waals surface area contributed by atoms with Crippen LogP contribution in [-0.4, -0.2) is 44.2 Å². The monoisotopic (exact) mass is 662 g/mol. The number of aliphatic hydroxyl groups is 1. The molecule has 0 saturated carbocycles. The number of rotatable bonds is 11. The summed E-state index contributed by atoms with van der Waals surface area (Å²) in [5.74, 6) is -1.76. The molecule has 0 radical (unpaired) electrons.